The molecule has 0 spiro atoms. The smallest absolute Gasteiger partial charge is 0.254 e. The van der Waals surface area contributed by atoms with Gasteiger partial charge < -0.3 is 14.4 Å². The third-order valence-corrected chi connectivity index (χ3v) is 4.72. The maximum atomic E-state index is 12.6. The first-order chi connectivity index (χ1) is 11.7. The third-order valence-electron chi connectivity index (χ3n) is 4.72. The molecule has 4 rings (SSSR count). The van der Waals surface area contributed by atoms with E-state index in [1.807, 2.05) is 31.2 Å². The lowest BCUT2D eigenvalue weighted by molar-refractivity contribution is -0.133. The lowest BCUT2D eigenvalue weighted by Gasteiger charge is -2.29. The number of aromatic nitrogens is 3. The van der Waals surface area contributed by atoms with Crippen LogP contribution in [0.2, 0.25) is 0 Å². The van der Waals surface area contributed by atoms with Gasteiger partial charge in [0, 0.05) is 31.6 Å². The van der Waals surface area contributed by atoms with Crippen LogP contribution in [-0.4, -0.2) is 49.5 Å². The van der Waals surface area contributed by atoms with Gasteiger partial charge in [0.15, 0.2) is 5.82 Å². The van der Waals surface area contributed by atoms with Crippen LogP contribution in [0.1, 0.15) is 34.5 Å². The van der Waals surface area contributed by atoms with Gasteiger partial charge in [-0.1, -0.05) is 25.1 Å². The Morgan fingerprint density at radius 2 is 2.00 bits per heavy atom. The molecule has 2 amide bonds. The van der Waals surface area contributed by atoms with Crippen LogP contribution in [0.4, 0.5) is 0 Å². The summed E-state index contributed by atoms with van der Waals surface area (Å²) in [6.45, 7) is 4.47. The summed E-state index contributed by atoms with van der Waals surface area (Å²) in [6.07, 6.45) is 0.835. The molecule has 0 atom stereocenters. The zero-order chi connectivity index (χ0) is 16.7. The molecule has 2 aromatic rings. The zero-order valence-corrected chi connectivity index (χ0v) is 13.6. The summed E-state index contributed by atoms with van der Waals surface area (Å²) < 4.78 is 2.08. The molecule has 3 heterocycles. The molecule has 0 bridgehead atoms. The fraction of sp³-hybridized carbons (Fsp3) is 0.412. The van der Waals surface area contributed by atoms with Gasteiger partial charge in [-0.2, -0.15) is 0 Å². The summed E-state index contributed by atoms with van der Waals surface area (Å²) in [5.41, 5.74) is 1.69. The van der Waals surface area contributed by atoms with E-state index in [-0.39, 0.29) is 18.4 Å². The summed E-state index contributed by atoms with van der Waals surface area (Å²) in [6, 6.07) is 7.52. The highest BCUT2D eigenvalue weighted by Gasteiger charge is 2.31. The zero-order valence-electron chi connectivity index (χ0n) is 13.6. The predicted molar refractivity (Wildman–Crippen MR) is 86.0 cm³/mol. The Morgan fingerprint density at radius 1 is 1.17 bits per heavy atom. The number of aryl methyl sites for hydroxylation is 1. The average molecular weight is 325 g/mol. The van der Waals surface area contributed by atoms with Crippen LogP contribution in [-0.2, 0) is 30.8 Å². The van der Waals surface area contributed by atoms with Crippen LogP contribution >= 0.6 is 0 Å². The molecule has 24 heavy (non-hydrogen) atoms. The minimum Gasteiger partial charge on any atom is -0.332 e. The molecular weight excluding hydrogens is 306 g/mol. The van der Waals surface area contributed by atoms with Gasteiger partial charge in [0.2, 0.25) is 5.91 Å². The summed E-state index contributed by atoms with van der Waals surface area (Å²) >= 11 is 0. The van der Waals surface area contributed by atoms with Crippen molar-refractivity contribution < 1.29 is 9.59 Å². The Kier molecular flexibility index (Phi) is 3.55. The van der Waals surface area contributed by atoms with E-state index in [1.54, 1.807) is 9.80 Å². The monoisotopic (exact) mass is 325 g/mol. The fourth-order valence-electron chi connectivity index (χ4n) is 3.40. The Labute approximate surface area is 139 Å². The van der Waals surface area contributed by atoms with Crippen molar-refractivity contribution in [3.05, 3.63) is 47.0 Å². The summed E-state index contributed by atoms with van der Waals surface area (Å²) in [7, 11) is 0. The molecule has 0 saturated heterocycles. The molecule has 1 aromatic heterocycles. The van der Waals surface area contributed by atoms with Gasteiger partial charge in [0.05, 0.1) is 6.54 Å². The second-order valence-corrected chi connectivity index (χ2v) is 6.17. The lowest BCUT2D eigenvalue weighted by Crippen LogP contribution is -2.44. The molecule has 2 aliphatic heterocycles. The van der Waals surface area contributed by atoms with Gasteiger partial charge in [0.1, 0.15) is 12.4 Å². The van der Waals surface area contributed by atoms with Crippen molar-refractivity contribution in [2.24, 2.45) is 0 Å². The molecule has 0 radical (unpaired) electrons. The van der Waals surface area contributed by atoms with E-state index in [0.29, 0.717) is 31.7 Å². The van der Waals surface area contributed by atoms with Gasteiger partial charge >= 0.3 is 0 Å². The van der Waals surface area contributed by atoms with E-state index in [2.05, 4.69) is 14.8 Å². The van der Waals surface area contributed by atoms with Gasteiger partial charge in [-0.15, -0.1) is 10.2 Å². The van der Waals surface area contributed by atoms with Crippen molar-refractivity contribution in [3.63, 3.8) is 0 Å². The molecule has 7 heteroatoms. The quantitative estimate of drug-likeness (QED) is 0.838. The second-order valence-electron chi connectivity index (χ2n) is 6.17. The average Bonchev–Trinajstić information content (AvgIpc) is 3.16. The minimum atomic E-state index is -0.0626. The van der Waals surface area contributed by atoms with E-state index >= 15 is 0 Å². The predicted octanol–water partition coefficient (Wildman–Crippen LogP) is 0.839. The normalized spacial score (nSPS) is 16.3. The lowest BCUT2D eigenvalue weighted by atomic mass is 10.1. The highest BCUT2D eigenvalue weighted by molar-refractivity contribution is 6.00. The Hall–Kier alpha value is -2.70. The van der Waals surface area contributed by atoms with E-state index in [4.69, 9.17) is 0 Å². The number of fused-ring (bicyclic) bond motifs is 2. The third kappa shape index (κ3) is 2.36. The number of carbonyl (C=O) groups is 2. The molecule has 0 saturated carbocycles. The number of benzene rings is 1. The molecule has 2 aliphatic rings. The summed E-state index contributed by atoms with van der Waals surface area (Å²) in [5.74, 6) is 1.68. The first kappa shape index (κ1) is 14.9. The first-order valence-corrected chi connectivity index (χ1v) is 8.23. The molecule has 1 aromatic carbocycles. The number of hydrogen-bond acceptors (Lipinski definition) is 4. The SMILES string of the molecule is CCc1nnc2n1CCN(C(=O)CN1Cc3ccccc3C1=O)C2. The molecule has 0 N–H and O–H groups in total. The summed E-state index contributed by atoms with van der Waals surface area (Å²) in [4.78, 5) is 28.4. The summed E-state index contributed by atoms with van der Waals surface area (Å²) in [5, 5.41) is 8.34. The Morgan fingerprint density at radius 3 is 2.79 bits per heavy atom. The Balaban J connectivity index is 1.44. The van der Waals surface area contributed by atoms with Gasteiger partial charge in [-0.05, 0) is 11.6 Å². The van der Waals surface area contributed by atoms with Gasteiger partial charge in [-0.25, -0.2) is 0 Å². The van der Waals surface area contributed by atoms with Crippen molar-refractivity contribution in [2.45, 2.75) is 33.0 Å². The van der Waals surface area contributed by atoms with Crippen LogP contribution in [0.15, 0.2) is 24.3 Å². The highest BCUT2D eigenvalue weighted by Crippen LogP contribution is 2.22. The van der Waals surface area contributed by atoms with Crippen LogP contribution in [0.25, 0.3) is 0 Å². The van der Waals surface area contributed by atoms with E-state index in [9.17, 15) is 9.59 Å². The van der Waals surface area contributed by atoms with Gasteiger partial charge in [-0.3, -0.25) is 9.59 Å². The van der Waals surface area contributed by atoms with Gasteiger partial charge in [0.25, 0.3) is 5.91 Å². The number of amides is 2. The topological polar surface area (TPSA) is 71.3 Å². The largest absolute Gasteiger partial charge is 0.332 e. The maximum absolute atomic E-state index is 12.6. The molecule has 124 valence electrons. The molecular formula is C17H19N5O2. The van der Waals surface area contributed by atoms with Crippen molar-refractivity contribution in [2.75, 3.05) is 13.1 Å². The minimum absolute atomic E-state index is 0.0385. The molecule has 0 aliphatic carbocycles. The fourth-order valence-corrected chi connectivity index (χ4v) is 3.40. The molecule has 0 unspecified atom stereocenters. The van der Waals surface area contributed by atoms with Crippen LogP contribution in [0.5, 0.6) is 0 Å². The molecule has 0 fully saturated rings. The van der Waals surface area contributed by atoms with Crippen LogP contribution in [0.3, 0.4) is 0 Å². The van der Waals surface area contributed by atoms with E-state index in [1.165, 1.54) is 0 Å². The standard InChI is InChI=1S/C17H19N5O2/c1-2-14-18-19-15-10-20(7-8-22(14)15)16(23)11-21-9-12-5-3-4-6-13(12)17(21)24/h3-6H,2,7-11H2,1H3. The number of rotatable bonds is 3. The van der Waals surface area contributed by atoms with Crippen molar-refractivity contribution in [1.82, 2.24) is 24.6 Å². The molecule has 7 nitrogen and oxygen atoms in total. The first-order valence-electron chi connectivity index (χ1n) is 8.23. The van der Waals surface area contributed by atoms with E-state index < -0.39 is 0 Å². The number of carbonyl (C=O) groups excluding carboxylic acids is 2. The Bertz CT molecular complexity index is 813. The second kappa shape index (κ2) is 5.74. The van der Waals surface area contributed by atoms with E-state index in [0.717, 1.165) is 23.6 Å². The van der Waals surface area contributed by atoms with Crippen molar-refractivity contribution >= 4 is 11.8 Å². The van der Waals surface area contributed by atoms with Crippen LogP contribution < -0.4 is 0 Å². The highest BCUT2D eigenvalue weighted by atomic mass is 16.2. The van der Waals surface area contributed by atoms with Crippen molar-refractivity contribution in [3.8, 4) is 0 Å². The van der Waals surface area contributed by atoms with Crippen molar-refractivity contribution in [1.29, 1.82) is 0 Å². The number of nitrogens with zero attached hydrogens (tertiary/aromatic N) is 5. The number of hydrogen-bond donors (Lipinski definition) is 0. The maximum Gasteiger partial charge on any atom is 0.254 e. The van der Waals surface area contributed by atoms with Crippen LogP contribution in [0, 0.1) is 0 Å².